The second-order valence-corrected chi connectivity index (χ2v) is 10.4. The molecule has 1 aliphatic heterocycles. The lowest BCUT2D eigenvalue weighted by Crippen LogP contribution is -2.18. The maximum atomic E-state index is 13.5. The Balaban J connectivity index is 1.39. The van der Waals surface area contributed by atoms with Gasteiger partial charge in [0.25, 0.3) is 0 Å². The molecular formula is C26H22N6O2S. The molecule has 0 amide bonds. The molecule has 174 valence electrons. The van der Waals surface area contributed by atoms with Crippen molar-refractivity contribution in [3.05, 3.63) is 70.2 Å². The molecule has 0 unspecified atom stereocenters. The summed E-state index contributed by atoms with van der Waals surface area (Å²) in [5.74, 6) is 0.888. The molecule has 0 bridgehead atoms. The van der Waals surface area contributed by atoms with Crippen LogP contribution in [0.4, 0.5) is 0 Å². The predicted molar refractivity (Wildman–Crippen MR) is 134 cm³/mol. The highest BCUT2D eigenvalue weighted by Gasteiger charge is 2.25. The highest BCUT2D eigenvalue weighted by molar-refractivity contribution is 7.22. The number of pyridine rings is 2. The number of nitrogens with zero attached hydrogens (tertiary/aromatic N) is 6. The van der Waals surface area contributed by atoms with Gasteiger partial charge in [-0.3, -0.25) is 14.8 Å². The average Bonchev–Trinajstić information content (AvgIpc) is 3.41. The van der Waals surface area contributed by atoms with E-state index in [1.807, 2.05) is 37.5 Å². The van der Waals surface area contributed by atoms with Crippen molar-refractivity contribution < 1.29 is 4.74 Å². The van der Waals surface area contributed by atoms with Gasteiger partial charge in [0.1, 0.15) is 0 Å². The molecule has 1 saturated heterocycles. The Labute approximate surface area is 204 Å². The lowest BCUT2D eigenvalue weighted by Gasteiger charge is -2.11. The minimum Gasteiger partial charge on any atom is -0.381 e. The van der Waals surface area contributed by atoms with Gasteiger partial charge < -0.3 is 4.74 Å². The van der Waals surface area contributed by atoms with Gasteiger partial charge in [-0.15, -0.1) is 11.3 Å². The Morgan fingerprint density at radius 1 is 1.00 bits per heavy atom. The van der Waals surface area contributed by atoms with E-state index < -0.39 is 0 Å². The van der Waals surface area contributed by atoms with Crippen molar-refractivity contribution in [1.82, 2.24) is 29.7 Å². The summed E-state index contributed by atoms with van der Waals surface area (Å²) in [6, 6.07) is 8.14. The third kappa shape index (κ3) is 3.62. The second-order valence-electron chi connectivity index (χ2n) is 9.31. The first-order valence-electron chi connectivity index (χ1n) is 11.8. The summed E-state index contributed by atoms with van der Waals surface area (Å²) in [5, 5.41) is 5.79. The molecule has 7 rings (SSSR count). The molecule has 2 fully saturated rings. The van der Waals surface area contributed by atoms with Gasteiger partial charge in [-0.05, 0) is 50.5 Å². The molecule has 5 aromatic heterocycles. The maximum absolute atomic E-state index is 13.5. The fourth-order valence-corrected chi connectivity index (χ4v) is 5.68. The number of rotatable bonds is 4. The number of fused-ring (bicyclic) bond motifs is 2. The average molecular weight is 483 g/mol. The van der Waals surface area contributed by atoms with Gasteiger partial charge in [0.15, 0.2) is 16.9 Å². The van der Waals surface area contributed by atoms with E-state index in [9.17, 15) is 4.79 Å². The monoisotopic (exact) mass is 482 g/mol. The number of ether oxygens (including phenoxy) is 1. The first-order chi connectivity index (χ1) is 17.1. The van der Waals surface area contributed by atoms with E-state index in [-0.39, 0.29) is 5.43 Å². The molecule has 0 radical (unpaired) electrons. The highest BCUT2D eigenvalue weighted by Crippen LogP contribution is 2.39. The van der Waals surface area contributed by atoms with E-state index in [1.54, 1.807) is 22.2 Å². The summed E-state index contributed by atoms with van der Waals surface area (Å²) in [6.45, 7) is 3.34. The minimum atomic E-state index is -0.227. The number of hydrogen-bond donors (Lipinski definition) is 0. The summed E-state index contributed by atoms with van der Waals surface area (Å²) in [7, 11) is 0. The summed E-state index contributed by atoms with van der Waals surface area (Å²) in [5.41, 5.74) is 4.48. The van der Waals surface area contributed by atoms with Crippen molar-refractivity contribution >= 4 is 32.6 Å². The van der Waals surface area contributed by atoms with Crippen LogP contribution >= 0.6 is 11.3 Å². The van der Waals surface area contributed by atoms with E-state index in [2.05, 4.69) is 26.0 Å². The summed E-state index contributed by atoms with van der Waals surface area (Å²) < 4.78 is 8.31. The van der Waals surface area contributed by atoms with Crippen LogP contribution in [0.25, 0.3) is 37.5 Å². The Morgan fingerprint density at radius 2 is 1.89 bits per heavy atom. The van der Waals surface area contributed by atoms with Gasteiger partial charge >= 0.3 is 0 Å². The van der Waals surface area contributed by atoms with Crippen molar-refractivity contribution in [1.29, 1.82) is 0 Å². The van der Waals surface area contributed by atoms with Gasteiger partial charge in [0, 0.05) is 52.3 Å². The first-order valence-corrected chi connectivity index (χ1v) is 12.7. The SMILES string of the molecule is Cc1cnc2c(=O)c(-c3cc4cnc([C@@H]5CCOC5)cc4s3)nn(-c3ccc(C4CC4)nc3)c2n1. The van der Waals surface area contributed by atoms with Crippen molar-refractivity contribution in [2.24, 2.45) is 0 Å². The summed E-state index contributed by atoms with van der Waals surface area (Å²) in [4.78, 5) is 32.7. The van der Waals surface area contributed by atoms with Crippen LogP contribution in [0.15, 0.2) is 47.7 Å². The van der Waals surface area contributed by atoms with E-state index >= 15 is 0 Å². The first kappa shape index (κ1) is 20.8. The molecule has 35 heavy (non-hydrogen) atoms. The number of aryl methyl sites for hydroxylation is 1. The number of hydrogen-bond acceptors (Lipinski definition) is 8. The largest absolute Gasteiger partial charge is 0.381 e. The van der Waals surface area contributed by atoms with Crippen molar-refractivity contribution in [3.63, 3.8) is 0 Å². The molecular weight excluding hydrogens is 460 g/mol. The van der Waals surface area contributed by atoms with E-state index in [0.717, 1.165) is 50.8 Å². The van der Waals surface area contributed by atoms with Crippen LogP contribution in [0.3, 0.4) is 0 Å². The fourth-order valence-electron chi connectivity index (χ4n) is 4.62. The van der Waals surface area contributed by atoms with Crippen LogP contribution in [0.1, 0.15) is 48.2 Å². The molecule has 6 heterocycles. The molecule has 8 nitrogen and oxygen atoms in total. The van der Waals surface area contributed by atoms with Crippen molar-refractivity contribution in [2.45, 2.75) is 38.0 Å². The molecule has 0 aromatic carbocycles. The zero-order chi connectivity index (χ0) is 23.5. The van der Waals surface area contributed by atoms with Gasteiger partial charge in [-0.1, -0.05) is 0 Å². The van der Waals surface area contributed by atoms with E-state index in [4.69, 9.17) is 9.84 Å². The Kier molecular flexibility index (Phi) is 4.75. The molecule has 1 saturated carbocycles. The Bertz CT molecular complexity index is 1650. The minimum absolute atomic E-state index is 0.227. The zero-order valence-corrected chi connectivity index (χ0v) is 20.0. The van der Waals surface area contributed by atoms with E-state index in [1.165, 1.54) is 12.8 Å². The van der Waals surface area contributed by atoms with Crippen LogP contribution in [-0.2, 0) is 4.74 Å². The number of thiophene rings is 1. The normalized spacial score (nSPS) is 18.0. The molecule has 5 aromatic rings. The van der Waals surface area contributed by atoms with Crippen LogP contribution < -0.4 is 5.43 Å². The van der Waals surface area contributed by atoms with Gasteiger partial charge in [-0.25, -0.2) is 14.6 Å². The lowest BCUT2D eigenvalue weighted by molar-refractivity contribution is 0.193. The lowest BCUT2D eigenvalue weighted by atomic mass is 10.0. The van der Waals surface area contributed by atoms with Crippen molar-refractivity contribution in [3.8, 4) is 16.3 Å². The second kappa shape index (κ2) is 8.00. The quantitative estimate of drug-likeness (QED) is 0.371. The van der Waals surface area contributed by atoms with Crippen LogP contribution in [0, 0.1) is 6.92 Å². The van der Waals surface area contributed by atoms with Crippen LogP contribution in [0.5, 0.6) is 0 Å². The molecule has 9 heteroatoms. The molecule has 0 N–H and O–H groups in total. The van der Waals surface area contributed by atoms with Crippen LogP contribution in [-0.4, -0.2) is 42.9 Å². The van der Waals surface area contributed by atoms with E-state index in [0.29, 0.717) is 35.3 Å². The van der Waals surface area contributed by atoms with Gasteiger partial charge in [0.2, 0.25) is 5.43 Å². The zero-order valence-electron chi connectivity index (χ0n) is 19.1. The van der Waals surface area contributed by atoms with Gasteiger partial charge in [-0.2, -0.15) is 5.10 Å². The Hall–Kier alpha value is -3.56. The van der Waals surface area contributed by atoms with Crippen molar-refractivity contribution in [2.75, 3.05) is 13.2 Å². The highest BCUT2D eigenvalue weighted by atomic mass is 32.1. The van der Waals surface area contributed by atoms with Crippen LogP contribution in [0.2, 0.25) is 0 Å². The molecule has 0 spiro atoms. The summed E-state index contributed by atoms with van der Waals surface area (Å²) >= 11 is 1.55. The maximum Gasteiger partial charge on any atom is 0.236 e. The predicted octanol–water partition coefficient (Wildman–Crippen LogP) is 4.54. The third-order valence-electron chi connectivity index (χ3n) is 6.72. The third-order valence-corrected chi connectivity index (χ3v) is 7.82. The smallest absolute Gasteiger partial charge is 0.236 e. The number of aromatic nitrogens is 6. The topological polar surface area (TPSA) is 95.7 Å². The molecule has 1 atom stereocenters. The van der Waals surface area contributed by atoms with Gasteiger partial charge in [0.05, 0.1) is 29.1 Å². The standard InChI is InChI=1S/C26H22N6O2S/c1-14-10-29-24-25(33)23(22-8-17-11-27-20(9-21(17)35-22)16-6-7-34-13-16)31-32(26(24)30-14)18-4-5-19(28-12-18)15-2-3-15/h4-5,8-12,15-16H,2-3,6-7,13H2,1H3/t16-/m1/s1. The molecule has 1 aliphatic carbocycles. The molecule has 2 aliphatic rings. The Morgan fingerprint density at radius 3 is 2.66 bits per heavy atom. The fraction of sp³-hybridized carbons (Fsp3) is 0.308. The summed E-state index contributed by atoms with van der Waals surface area (Å²) in [6.07, 6.45) is 8.68.